The summed E-state index contributed by atoms with van der Waals surface area (Å²) in [4.78, 5) is 7.81. The third-order valence-corrected chi connectivity index (χ3v) is 3.75. The van der Waals surface area contributed by atoms with Gasteiger partial charge in [0.05, 0.1) is 17.1 Å². The lowest BCUT2D eigenvalue weighted by atomic mass is 10.1. The molecule has 0 radical (unpaired) electrons. The Morgan fingerprint density at radius 3 is 2.55 bits per heavy atom. The number of rotatable bonds is 5. The van der Waals surface area contributed by atoms with Crippen LogP contribution in [0.3, 0.4) is 0 Å². The predicted octanol–water partition coefficient (Wildman–Crippen LogP) is 3.11. The van der Waals surface area contributed by atoms with Gasteiger partial charge in [-0.1, -0.05) is 18.2 Å². The van der Waals surface area contributed by atoms with Crippen LogP contribution in [-0.4, -0.2) is 16.5 Å². The van der Waals surface area contributed by atoms with E-state index in [9.17, 15) is 4.39 Å². The van der Waals surface area contributed by atoms with Gasteiger partial charge in [-0.3, -0.25) is 0 Å². The van der Waals surface area contributed by atoms with E-state index in [0.717, 1.165) is 40.8 Å². The Balaban J connectivity index is 1.91. The SMILES string of the molecule is NCCC[C@@H](N)c1nc2ccc(-c3ccc(F)cc3)cc2[nH]1. The Morgan fingerprint density at radius 1 is 1.09 bits per heavy atom. The van der Waals surface area contributed by atoms with E-state index < -0.39 is 0 Å². The first kappa shape index (κ1) is 14.7. The molecule has 0 amide bonds. The average Bonchev–Trinajstić information content (AvgIpc) is 2.96. The van der Waals surface area contributed by atoms with Crippen LogP contribution in [0.1, 0.15) is 24.7 Å². The zero-order valence-electron chi connectivity index (χ0n) is 12.2. The van der Waals surface area contributed by atoms with Crippen LogP contribution >= 0.6 is 0 Å². The van der Waals surface area contributed by atoms with E-state index in [4.69, 9.17) is 11.5 Å². The topological polar surface area (TPSA) is 80.7 Å². The zero-order valence-corrected chi connectivity index (χ0v) is 12.2. The van der Waals surface area contributed by atoms with Crippen LogP contribution in [0.5, 0.6) is 0 Å². The fourth-order valence-electron chi connectivity index (χ4n) is 2.50. The normalized spacial score (nSPS) is 12.7. The lowest BCUT2D eigenvalue weighted by Gasteiger charge is -2.06. The van der Waals surface area contributed by atoms with Gasteiger partial charge in [0.2, 0.25) is 0 Å². The van der Waals surface area contributed by atoms with Gasteiger partial charge in [0.15, 0.2) is 0 Å². The van der Waals surface area contributed by atoms with Gasteiger partial charge in [-0.15, -0.1) is 0 Å². The van der Waals surface area contributed by atoms with Crippen LogP contribution in [0.4, 0.5) is 4.39 Å². The Hall–Kier alpha value is -2.24. The van der Waals surface area contributed by atoms with Crippen LogP contribution in [0.2, 0.25) is 0 Å². The number of nitrogens with one attached hydrogen (secondary N) is 1. The molecular weight excluding hydrogens is 279 g/mol. The van der Waals surface area contributed by atoms with E-state index in [0.29, 0.717) is 6.54 Å². The second-order valence-corrected chi connectivity index (χ2v) is 5.40. The number of nitrogens with zero attached hydrogens (tertiary/aromatic N) is 1. The molecule has 3 aromatic rings. The van der Waals surface area contributed by atoms with E-state index in [1.165, 1.54) is 12.1 Å². The summed E-state index contributed by atoms with van der Waals surface area (Å²) < 4.78 is 13.0. The summed E-state index contributed by atoms with van der Waals surface area (Å²) in [6.45, 7) is 0.628. The number of nitrogens with two attached hydrogens (primary N) is 2. The smallest absolute Gasteiger partial charge is 0.124 e. The van der Waals surface area contributed by atoms with Crippen LogP contribution in [0.25, 0.3) is 22.2 Å². The minimum atomic E-state index is -0.237. The molecule has 114 valence electrons. The van der Waals surface area contributed by atoms with E-state index in [1.807, 2.05) is 18.2 Å². The summed E-state index contributed by atoms with van der Waals surface area (Å²) in [6.07, 6.45) is 1.68. The molecule has 0 aliphatic carbocycles. The summed E-state index contributed by atoms with van der Waals surface area (Å²) in [6, 6.07) is 12.2. The molecule has 1 aromatic heterocycles. The first-order valence-electron chi connectivity index (χ1n) is 7.38. The molecule has 0 aliphatic heterocycles. The van der Waals surface area contributed by atoms with Crippen LogP contribution in [0, 0.1) is 5.82 Å². The number of benzene rings is 2. The Kier molecular flexibility index (Phi) is 4.18. The predicted molar refractivity (Wildman–Crippen MR) is 86.7 cm³/mol. The van der Waals surface area contributed by atoms with E-state index in [-0.39, 0.29) is 11.9 Å². The molecule has 5 heteroatoms. The molecule has 4 nitrogen and oxygen atoms in total. The Morgan fingerprint density at radius 2 is 1.82 bits per heavy atom. The molecule has 0 aliphatic rings. The summed E-state index contributed by atoms with van der Waals surface area (Å²) in [5, 5.41) is 0. The summed E-state index contributed by atoms with van der Waals surface area (Å²) in [5.41, 5.74) is 15.4. The fraction of sp³-hybridized carbons (Fsp3) is 0.235. The molecule has 0 spiro atoms. The van der Waals surface area contributed by atoms with Crippen molar-refractivity contribution in [2.45, 2.75) is 18.9 Å². The van der Waals surface area contributed by atoms with Gasteiger partial charge >= 0.3 is 0 Å². The summed E-state index contributed by atoms with van der Waals surface area (Å²) in [5.74, 6) is 0.541. The number of fused-ring (bicyclic) bond motifs is 1. The molecule has 0 fully saturated rings. The van der Waals surface area contributed by atoms with Gasteiger partial charge in [-0.05, 0) is 54.8 Å². The molecule has 0 unspecified atom stereocenters. The largest absolute Gasteiger partial charge is 0.341 e. The molecule has 5 N–H and O–H groups in total. The third kappa shape index (κ3) is 3.00. The minimum absolute atomic E-state index is 0.134. The van der Waals surface area contributed by atoms with Crippen LogP contribution in [0.15, 0.2) is 42.5 Å². The molecule has 22 heavy (non-hydrogen) atoms. The fourth-order valence-corrected chi connectivity index (χ4v) is 2.50. The number of aromatic nitrogens is 2. The average molecular weight is 298 g/mol. The molecule has 2 aromatic carbocycles. The number of hydrogen-bond donors (Lipinski definition) is 3. The number of aromatic amines is 1. The van der Waals surface area contributed by atoms with Gasteiger partial charge in [0.1, 0.15) is 11.6 Å². The zero-order chi connectivity index (χ0) is 15.5. The molecule has 3 rings (SSSR count). The van der Waals surface area contributed by atoms with Crippen molar-refractivity contribution in [3.8, 4) is 11.1 Å². The van der Waals surface area contributed by atoms with Gasteiger partial charge in [0, 0.05) is 0 Å². The number of halogens is 1. The molecule has 0 saturated heterocycles. The van der Waals surface area contributed by atoms with Crippen LogP contribution in [-0.2, 0) is 0 Å². The third-order valence-electron chi connectivity index (χ3n) is 3.75. The lowest BCUT2D eigenvalue weighted by molar-refractivity contribution is 0.594. The Bertz CT molecular complexity index is 764. The monoisotopic (exact) mass is 298 g/mol. The second kappa shape index (κ2) is 6.25. The van der Waals surface area contributed by atoms with Crippen molar-refractivity contribution >= 4 is 11.0 Å². The maximum atomic E-state index is 13.0. The van der Waals surface area contributed by atoms with Gasteiger partial charge in [-0.2, -0.15) is 0 Å². The van der Waals surface area contributed by atoms with Crippen molar-refractivity contribution in [1.82, 2.24) is 9.97 Å². The van der Waals surface area contributed by atoms with Gasteiger partial charge < -0.3 is 16.5 Å². The van der Waals surface area contributed by atoms with Crippen molar-refractivity contribution in [3.05, 3.63) is 54.1 Å². The number of hydrogen-bond acceptors (Lipinski definition) is 3. The van der Waals surface area contributed by atoms with Crippen molar-refractivity contribution < 1.29 is 4.39 Å². The second-order valence-electron chi connectivity index (χ2n) is 5.40. The highest BCUT2D eigenvalue weighted by molar-refractivity contribution is 5.82. The van der Waals surface area contributed by atoms with Gasteiger partial charge in [-0.25, -0.2) is 9.37 Å². The maximum absolute atomic E-state index is 13.0. The van der Waals surface area contributed by atoms with Crippen LogP contribution < -0.4 is 11.5 Å². The highest BCUT2D eigenvalue weighted by Crippen LogP contribution is 2.25. The Labute approximate surface area is 128 Å². The highest BCUT2D eigenvalue weighted by atomic mass is 19.1. The first-order chi connectivity index (χ1) is 10.7. The quantitative estimate of drug-likeness (QED) is 0.677. The molecule has 1 atom stereocenters. The summed E-state index contributed by atoms with van der Waals surface area (Å²) in [7, 11) is 0. The van der Waals surface area contributed by atoms with E-state index in [1.54, 1.807) is 12.1 Å². The van der Waals surface area contributed by atoms with Crippen molar-refractivity contribution in [2.75, 3.05) is 6.54 Å². The standard InChI is InChI=1S/C17H19FN4/c18-13-6-3-11(4-7-13)12-5-8-15-16(10-12)22-17(21-15)14(20)2-1-9-19/h3-8,10,14H,1-2,9,19-20H2,(H,21,22)/t14-/m1/s1. The minimum Gasteiger partial charge on any atom is -0.341 e. The maximum Gasteiger partial charge on any atom is 0.124 e. The lowest BCUT2D eigenvalue weighted by Crippen LogP contribution is -2.13. The van der Waals surface area contributed by atoms with Crippen molar-refractivity contribution in [3.63, 3.8) is 0 Å². The molecule has 0 saturated carbocycles. The van der Waals surface area contributed by atoms with E-state index >= 15 is 0 Å². The molecule has 0 bridgehead atoms. The molecular formula is C17H19FN4. The van der Waals surface area contributed by atoms with Crippen molar-refractivity contribution in [1.29, 1.82) is 0 Å². The summed E-state index contributed by atoms with van der Waals surface area (Å²) >= 11 is 0. The molecule has 1 heterocycles. The van der Waals surface area contributed by atoms with Crippen molar-refractivity contribution in [2.24, 2.45) is 11.5 Å². The van der Waals surface area contributed by atoms with Gasteiger partial charge in [0.25, 0.3) is 0 Å². The number of imidazole rings is 1. The first-order valence-corrected chi connectivity index (χ1v) is 7.38. The number of H-pyrrole nitrogens is 1. The highest BCUT2D eigenvalue weighted by Gasteiger charge is 2.11. The van der Waals surface area contributed by atoms with E-state index in [2.05, 4.69) is 9.97 Å².